The van der Waals surface area contributed by atoms with Gasteiger partial charge < -0.3 is 9.80 Å². The monoisotopic (exact) mass is 676 g/mol. The highest BCUT2D eigenvalue weighted by Gasteiger charge is 2.26. The Morgan fingerprint density at radius 1 is 0.346 bits per heavy atom. The first-order valence-corrected chi connectivity index (χ1v) is 18.8. The van der Waals surface area contributed by atoms with E-state index in [1.54, 1.807) is 0 Å². The maximum atomic E-state index is 2.56. The first kappa shape index (κ1) is 33.5. The second kappa shape index (κ2) is 13.2. The zero-order chi connectivity index (χ0) is 36.3. The molecule has 0 bridgehead atoms. The number of nitrogens with zero attached hydrogens (tertiary/aromatic N) is 2. The molecule has 258 valence electrons. The summed E-state index contributed by atoms with van der Waals surface area (Å²) >= 11 is 0. The van der Waals surface area contributed by atoms with E-state index < -0.39 is 0 Å². The molecule has 2 heteroatoms. The SMILES string of the molecule is CCc1cccc(C)c1N(c1c(C)cccc1C)c1ccc2ccc3c(N(c4c(C)cccc4C)c4c(C)cccc4CC)ccc4ccc1c2c43. The third kappa shape index (κ3) is 5.23. The fraction of sp³-hybridized carbons (Fsp3) is 0.200. The van der Waals surface area contributed by atoms with Gasteiger partial charge in [0.25, 0.3) is 0 Å². The van der Waals surface area contributed by atoms with Gasteiger partial charge in [0, 0.05) is 10.8 Å². The number of benzene rings is 8. The summed E-state index contributed by atoms with van der Waals surface area (Å²) < 4.78 is 0. The van der Waals surface area contributed by atoms with Gasteiger partial charge in [-0.2, -0.15) is 0 Å². The molecular formula is C50H48N2. The van der Waals surface area contributed by atoms with Crippen molar-refractivity contribution in [1.29, 1.82) is 0 Å². The Morgan fingerprint density at radius 3 is 1.00 bits per heavy atom. The van der Waals surface area contributed by atoms with Crippen molar-refractivity contribution in [2.45, 2.75) is 68.2 Å². The van der Waals surface area contributed by atoms with Crippen molar-refractivity contribution in [3.05, 3.63) is 166 Å². The number of aryl methyl sites for hydroxylation is 8. The largest absolute Gasteiger partial charge is 0.309 e. The van der Waals surface area contributed by atoms with Crippen LogP contribution in [0.5, 0.6) is 0 Å². The van der Waals surface area contributed by atoms with E-state index in [-0.39, 0.29) is 0 Å². The molecule has 0 aromatic heterocycles. The van der Waals surface area contributed by atoms with E-state index in [0.29, 0.717) is 0 Å². The standard InChI is InChI=1S/C50H48N2/c1-9-37-21-13-19-35(7)49(37)51(47-31(3)15-11-16-32(47)4)43-29-25-39-24-28-42-44(30-26-40-23-27-41(43)45(39)46(40)42)52(48-33(5)17-12-18-34(48)6)50-36(8)20-14-22-38(50)10-2/h11-30H,9-10H2,1-8H3. The summed E-state index contributed by atoms with van der Waals surface area (Å²) in [4.78, 5) is 5.13. The van der Waals surface area contributed by atoms with Crippen LogP contribution in [0.2, 0.25) is 0 Å². The summed E-state index contributed by atoms with van der Waals surface area (Å²) in [5.74, 6) is 0. The normalized spacial score (nSPS) is 11.6. The molecule has 8 rings (SSSR count). The van der Waals surface area contributed by atoms with Crippen LogP contribution in [0.4, 0.5) is 34.1 Å². The minimum Gasteiger partial charge on any atom is -0.309 e. The van der Waals surface area contributed by atoms with Crippen molar-refractivity contribution in [2.75, 3.05) is 9.80 Å². The van der Waals surface area contributed by atoms with Crippen molar-refractivity contribution in [2.24, 2.45) is 0 Å². The molecule has 0 N–H and O–H groups in total. The Kier molecular flexibility index (Phi) is 8.50. The van der Waals surface area contributed by atoms with Gasteiger partial charge in [-0.3, -0.25) is 0 Å². The Labute approximate surface area is 309 Å². The van der Waals surface area contributed by atoms with Gasteiger partial charge >= 0.3 is 0 Å². The molecule has 0 amide bonds. The van der Waals surface area contributed by atoms with Gasteiger partial charge in [0.05, 0.1) is 34.1 Å². The predicted molar refractivity (Wildman–Crippen MR) is 227 cm³/mol. The fourth-order valence-corrected chi connectivity index (χ4v) is 8.83. The number of para-hydroxylation sites is 4. The van der Waals surface area contributed by atoms with Crippen LogP contribution >= 0.6 is 0 Å². The number of anilines is 6. The van der Waals surface area contributed by atoms with Crippen LogP contribution in [-0.4, -0.2) is 0 Å². The lowest BCUT2D eigenvalue weighted by Gasteiger charge is -2.34. The lowest BCUT2D eigenvalue weighted by atomic mass is 9.90. The van der Waals surface area contributed by atoms with E-state index in [9.17, 15) is 0 Å². The van der Waals surface area contributed by atoms with Crippen molar-refractivity contribution in [3.8, 4) is 0 Å². The Morgan fingerprint density at radius 2 is 0.654 bits per heavy atom. The molecule has 0 heterocycles. The van der Waals surface area contributed by atoms with Crippen LogP contribution < -0.4 is 9.80 Å². The van der Waals surface area contributed by atoms with E-state index >= 15 is 0 Å². The third-order valence-electron chi connectivity index (χ3n) is 11.3. The zero-order valence-corrected chi connectivity index (χ0v) is 31.9. The summed E-state index contributed by atoms with van der Waals surface area (Å²) in [7, 11) is 0. The quantitative estimate of drug-likeness (QED) is 0.148. The van der Waals surface area contributed by atoms with Crippen molar-refractivity contribution < 1.29 is 0 Å². The second-order valence-electron chi connectivity index (χ2n) is 14.6. The van der Waals surface area contributed by atoms with Crippen molar-refractivity contribution in [1.82, 2.24) is 0 Å². The highest BCUT2D eigenvalue weighted by atomic mass is 15.2. The van der Waals surface area contributed by atoms with Gasteiger partial charge in [0.2, 0.25) is 0 Å². The van der Waals surface area contributed by atoms with Crippen molar-refractivity contribution in [3.63, 3.8) is 0 Å². The molecule has 0 aliphatic heterocycles. The lowest BCUT2D eigenvalue weighted by molar-refractivity contribution is 1.10. The minimum atomic E-state index is 0.959. The Bertz CT molecular complexity index is 2400. The molecule has 0 unspecified atom stereocenters. The smallest absolute Gasteiger partial charge is 0.0541 e. The molecule has 0 saturated heterocycles. The van der Waals surface area contributed by atoms with Gasteiger partial charge in [-0.15, -0.1) is 0 Å². The molecule has 8 aromatic carbocycles. The van der Waals surface area contributed by atoms with Gasteiger partial charge in [-0.25, -0.2) is 0 Å². The Balaban J connectivity index is 1.48. The Hall–Kier alpha value is -5.60. The minimum absolute atomic E-state index is 0.959. The lowest BCUT2D eigenvalue weighted by Crippen LogP contribution is -2.17. The molecule has 0 aliphatic carbocycles. The highest BCUT2D eigenvalue weighted by molar-refractivity contribution is 6.28. The molecule has 0 radical (unpaired) electrons. The van der Waals surface area contributed by atoms with Gasteiger partial charge in [-0.1, -0.05) is 123 Å². The van der Waals surface area contributed by atoms with Crippen LogP contribution in [0.1, 0.15) is 58.4 Å². The van der Waals surface area contributed by atoms with Gasteiger partial charge in [0.1, 0.15) is 0 Å². The molecule has 8 aromatic rings. The average molecular weight is 677 g/mol. The number of hydrogen-bond donors (Lipinski definition) is 0. The topological polar surface area (TPSA) is 6.48 Å². The summed E-state index contributed by atoms with van der Waals surface area (Å²) in [5, 5.41) is 7.70. The van der Waals surface area contributed by atoms with Gasteiger partial charge in [0.15, 0.2) is 0 Å². The van der Waals surface area contributed by atoms with Gasteiger partial charge in [-0.05, 0) is 133 Å². The highest BCUT2D eigenvalue weighted by Crippen LogP contribution is 2.50. The van der Waals surface area contributed by atoms with Crippen molar-refractivity contribution >= 4 is 66.4 Å². The van der Waals surface area contributed by atoms with Crippen LogP contribution in [0.3, 0.4) is 0 Å². The second-order valence-corrected chi connectivity index (χ2v) is 14.6. The van der Waals surface area contributed by atoms with E-state index in [1.807, 2.05) is 0 Å². The summed E-state index contributed by atoms with van der Waals surface area (Å²) in [5.41, 5.74) is 17.9. The number of rotatable bonds is 8. The van der Waals surface area contributed by atoms with Crippen LogP contribution in [0, 0.1) is 41.5 Å². The molecule has 0 saturated carbocycles. The molecule has 0 atom stereocenters. The van der Waals surface area contributed by atoms with E-state index in [1.165, 1.54) is 111 Å². The summed E-state index contributed by atoms with van der Waals surface area (Å²) in [6, 6.07) is 45.7. The van der Waals surface area contributed by atoms with E-state index in [0.717, 1.165) is 12.8 Å². The summed E-state index contributed by atoms with van der Waals surface area (Å²) in [6.45, 7) is 18.1. The molecule has 52 heavy (non-hydrogen) atoms. The fourth-order valence-electron chi connectivity index (χ4n) is 8.83. The predicted octanol–water partition coefficient (Wildman–Crippen LogP) is 14.5. The first-order chi connectivity index (χ1) is 25.2. The van der Waals surface area contributed by atoms with Crippen LogP contribution in [0.25, 0.3) is 32.3 Å². The third-order valence-corrected chi connectivity index (χ3v) is 11.3. The first-order valence-electron chi connectivity index (χ1n) is 18.8. The average Bonchev–Trinajstić information content (AvgIpc) is 3.14. The summed E-state index contributed by atoms with van der Waals surface area (Å²) in [6.07, 6.45) is 1.92. The van der Waals surface area contributed by atoms with Crippen LogP contribution in [0.15, 0.2) is 121 Å². The maximum Gasteiger partial charge on any atom is 0.0541 e. The molecular weight excluding hydrogens is 629 g/mol. The molecule has 0 spiro atoms. The number of hydrogen-bond acceptors (Lipinski definition) is 2. The molecule has 0 aliphatic rings. The van der Waals surface area contributed by atoms with E-state index in [4.69, 9.17) is 0 Å². The molecule has 0 fully saturated rings. The van der Waals surface area contributed by atoms with E-state index in [2.05, 4.69) is 187 Å². The maximum absolute atomic E-state index is 2.56. The van der Waals surface area contributed by atoms with Crippen LogP contribution in [-0.2, 0) is 12.8 Å². The zero-order valence-electron chi connectivity index (χ0n) is 31.9. The molecule has 2 nitrogen and oxygen atoms in total.